The maximum atomic E-state index is 5.25. The van der Waals surface area contributed by atoms with Gasteiger partial charge in [0.05, 0.1) is 20.2 Å². The Morgan fingerprint density at radius 2 is 1.45 bits per heavy atom. The topological polar surface area (TPSA) is 52.4 Å². The van der Waals surface area contributed by atoms with Gasteiger partial charge in [-0.15, -0.1) is 11.8 Å². The van der Waals surface area contributed by atoms with Gasteiger partial charge in [0.2, 0.25) is 6.79 Å². The predicted molar refractivity (Wildman–Crippen MR) is 117 cm³/mol. The van der Waals surface area contributed by atoms with Gasteiger partial charge in [0.15, 0.2) is 11.5 Å². The summed E-state index contributed by atoms with van der Waals surface area (Å²) in [6.07, 6.45) is 3.59. The first kappa shape index (κ1) is 21.6. The molecule has 1 aliphatic heterocycles. The maximum Gasteiger partial charge on any atom is 0.231 e. The number of ether oxygens (including phenoxy) is 3. The van der Waals surface area contributed by atoms with E-state index in [9.17, 15) is 0 Å². The number of methoxy groups -OCH3 is 1. The lowest BCUT2D eigenvalue weighted by Gasteiger charge is -1.98. The monoisotopic (exact) mass is 388 g/mol. The normalized spacial score (nSPS) is 11.1. The number of rotatable bonds is 5. The van der Waals surface area contributed by atoms with Crippen LogP contribution in [0, 0.1) is 23.7 Å². The fourth-order valence-corrected chi connectivity index (χ4v) is 2.23. The second-order valence-electron chi connectivity index (χ2n) is 5.68. The minimum Gasteiger partial charge on any atom is -0.497 e. The van der Waals surface area contributed by atoms with E-state index in [1.165, 1.54) is 0 Å². The smallest absolute Gasteiger partial charge is 0.231 e. The van der Waals surface area contributed by atoms with Gasteiger partial charge >= 0.3 is 0 Å². The standard InChI is InChI=1S/C12H11NO2.C12H13NO/c1-2-3-6-13-8-10-4-5-11-12(7-10)15-9-14-11;1-3-4-9-13-10-11-5-7-12(14-2)8-6-11/h4-5,7-8H,6,9H2,1H3;5-8,10H,9H2,1-2H3. The Balaban J connectivity index is 0.000000208. The quantitative estimate of drug-likeness (QED) is 0.575. The third kappa shape index (κ3) is 7.82. The first-order valence-corrected chi connectivity index (χ1v) is 9.09. The molecule has 1 aliphatic rings. The Bertz CT molecular complexity index is 956. The molecular formula is C24H24N2O3. The van der Waals surface area contributed by atoms with E-state index in [-0.39, 0.29) is 0 Å². The van der Waals surface area contributed by atoms with Gasteiger partial charge in [-0.2, -0.15) is 0 Å². The van der Waals surface area contributed by atoms with E-state index in [1.54, 1.807) is 20.2 Å². The van der Waals surface area contributed by atoms with Gasteiger partial charge in [-0.25, -0.2) is 0 Å². The number of hydrogen-bond donors (Lipinski definition) is 0. The van der Waals surface area contributed by atoms with E-state index in [0.717, 1.165) is 28.4 Å². The van der Waals surface area contributed by atoms with Crippen LogP contribution in [-0.2, 0) is 0 Å². The molecule has 0 radical (unpaired) electrons. The second-order valence-corrected chi connectivity index (χ2v) is 5.68. The molecule has 1 heterocycles. The molecule has 5 heteroatoms. The number of nitrogens with zero attached hydrogens (tertiary/aromatic N) is 2. The number of benzene rings is 2. The van der Waals surface area contributed by atoms with Crippen molar-refractivity contribution in [3.05, 3.63) is 53.6 Å². The molecule has 2 aromatic carbocycles. The molecule has 0 fully saturated rings. The summed E-state index contributed by atoms with van der Waals surface area (Å²) in [6.45, 7) is 5.00. The summed E-state index contributed by atoms with van der Waals surface area (Å²) in [6, 6.07) is 13.5. The van der Waals surface area contributed by atoms with Crippen molar-refractivity contribution in [1.29, 1.82) is 0 Å². The SMILES string of the molecule is CC#CCN=Cc1ccc(OC)cc1.CC#CCN=Cc1ccc2c(c1)OCO2. The fraction of sp³-hybridized carbons (Fsp3) is 0.250. The summed E-state index contributed by atoms with van der Waals surface area (Å²) in [4.78, 5) is 8.31. The molecule has 0 unspecified atom stereocenters. The van der Waals surface area contributed by atoms with Crippen molar-refractivity contribution in [1.82, 2.24) is 0 Å². The lowest BCUT2D eigenvalue weighted by atomic mass is 10.2. The first-order valence-electron chi connectivity index (χ1n) is 9.09. The zero-order chi connectivity index (χ0) is 20.7. The molecule has 0 aromatic heterocycles. The Hall–Kier alpha value is -3.70. The van der Waals surface area contributed by atoms with Crippen molar-refractivity contribution in [3.8, 4) is 40.9 Å². The van der Waals surface area contributed by atoms with Gasteiger partial charge in [0, 0.05) is 12.4 Å². The number of hydrogen-bond acceptors (Lipinski definition) is 5. The largest absolute Gasteiger partial charge is 0.497 e. The molecule has 0 aliphatic carbocycles. The minimum atomic E-state index is 0.303. The summed E-state index contributed by atoms with van der Waals surface area (Å²) in [7, 11) is 1.65. The highest BCUT2D eigenvalue weighted by molar-refractivity contribution is 5.81. The molecule has 29 heavy (non-hydrogen) atoms. The Kier molecular flexibility index (Phi) is 9.42. The van der Waals surface area contributed by atoms with E-state index in [2.05, 4.69) is 33.7 Å². The van der Waals surface area contributed by atoms with Crippen LogP contribution >= 0.6 is 0 Å². The molecule has 5 nitrogen and oxygen atoms in total. The van der Waals surface area contributed by atoms with Gasteiger partial charge in [-0.1, -0.05) is 11.8 Å². The average molecular weight is 388 g/mol. The van der Waals surface area contributed by atoms with Crippen molar-refractivity contribution < 1.29 is 14.2 Å². The van der Waals surface area contributed by atoms with E-state index in [1.807, 2.05) is 55.6 Å². The number of aliphatic imine (C=N–C) groups is 2. The average Bonchev–Trinajstić information content (AvgIpc) is 3.23. The Morgan fingerprint density at radius 3 is 2.07 bits per heavy atom. The third-order valence-electron chi connectivity index (χ3n) is 3.69. The zero-order valence-corrected chi connectivity index (χ0v) is 16.9. The summed E-state index contributed by atoms with van der Waals surface area (Å²) in [5.74, 6) is 13.7. The Labute approximate surface area is 172 Å². The molecule has 3 rings (SSSR count). The van der Waals surface area contributed by atoms with Crippen LogP contribution in [0.5, 0.6) is 17.2 Å². The first-order chi connectivity index (χ1) is 14.3. The van der Waals surface area contributed by atoms with Gasteiger partial charge in [0.1, 0.15) is 5.75 Å². The van der Waals surface area contributed by atoms with Crippen molar-refractivity contribution in [2.45, 2.75) is 13.8 Å². The summed E-state index contributed by atoms with van der Waals surface area (Å²) in [5, 5.41) is 0. The predicted octanol–water partition coefficient (Wildman–Crippen LogP) is 3.99. The summed E-state index contributed by atoms with van der Waals surface area (Å²) >= 11 is 0. The molecule has 0 N–H and O–H groups in total. The van der Waals surface area contributed by atoms with Crippen LogP contribution in [0.1, 0.15) is 25.0 Å². The molecular weight excluding hydrogens is 364 g/mol. The van der Waals surface area contributed by atoms with Crippen LogP contribution < -0.4 is 14.2 Å². The highest BCUT2D eigenvalue weighted by atomic mass is 16.7. The van der Waals surface area contributed by atoms with Gasteiger partial charge in [-0.3, -0.25) is 9.98 Å². The fourth-order valence-electron chi connectivity index (χ4n) is 2.23. The highest BCUT2D eigenvalue weighted by Gasteiger charge is 2.12. The molecule has 148 valence electrons. The third-order valence-corrected chi connectivity index (χ3v) is 3.69. The molecule has 0 saturated heterocycles. The van der Waals surface area contributed by atoms with Crippen molar-refractivity contribution in [3.63, 3.8) is 0 Å². The van der Waals surface area contributed by atoms with Crippen LogP contribution in [0.4, 0.5) is 0 Å². The van der Waals surface area contributed by atoms with Crippen molar-refractivity contribution in [2.75, 3.05) is 27.0 Å². The summed E-state index contributed by atoms with van der Waals surface area (Å²) < 4.78 is 15.5. The van der Waals surface area contributed by atoms with Crippen LogP contribution in [0.15, 0.2) is 52.4 Å². The van der Waals surface area contributed by atoms with Crippen LogP contribution in [0.3, 0.4) is 0 Å². The molecule has 2 aromatic rings. The number of fused-ring (bicyclic) bond motifs is 1. The molecule has 0 bridgehead atoms. The van der Waals surface area contributed by atoms with E-state index < -0.39 is 0 Å². The zero-order valence-electron chi connectivity index (χ0n) is 16.9. The van der Waals surface area contributed by atoms with Crippen LogP contribution in [0.2, 0.25) is 0 Å². The molecule has 0 spiro atoms. The lowest BCUT2D eigenvalue weighted by Crippen LogP contribution is -1.92. The molecule has 0 atom stereocenters. The molecule has 0 saturated carbocycles. The van der Waals surface area contributed by atoms with E-state index in [4.69, 9.17) is 14.2 Å². The van der Waals surface area contributed by atoms with Gasteiger partial charge in [0.25, 0.3) is 0 Å². The minimum absolute atomic E-state index is 0.303. The maximum absolute atomic E-state index is 5.25. The van der Waals surface area contributed by atoms with Crippen LogP contribution in [-0.4, -0.2) is 39.4 Å². The second kappa shape index (κ2) is 12.6. The molecule has 0 amide bonds. The van der Waals surface area contributed by atoms with E-state index in [0.29, 0.717) is 19.9 Å². The van der Waals surface area contributed by atoms with Gasteiger partial charge in [-0.05, 0) is 67.4 Å². The van der Waals surface area contributed by atoms with Crippen LogP contribution in [0.25, 0.3) is 0 Å². The van der Waals surface area contributed by atoms with E-state index >= 15 is 0 Å². The van der Waals surface area contributed by atoms with Crippen molar-refractivity contribution >= 4 is 12.4 Å². The van der Waals surface area contributed by atoms with Crippen molar-refractivity contribution in [2.24, 2.45) is 9.98 Å². The van der Waals surface area contributed by atoms with Gasteiger partial charge < -0.3 is 14.2 Å². The Morgan fingerprint density at radius 1 is 0.862 bits per heavy atom. The highest BCUT2D eigenvalue weighted by Crippen LogP contribution is 2.31. The summed E-state index contributed by atoms with van der Waals surface area (Å²) in [5.41, 5.74) is 2.06. The lowest BCUT2D eigenvalue weighted by molar-refractivity contribution is 0.174.